The molecule has 2 aromatic carbocycles. The summed E-state index contributed by atoms with van der Waals surface area (Å²) < 4.78 is 35.4. The third-order valence-electron chi connectivity index (χ3n) is 5.28. The number of ether oxygens (including phenoxy) is 1. The first-order chi connectivity index (χ1) is 17.9. The van der Waals surface area contributed by atoms with Crippen molar-refractivity contribution < 1.29 is 23.1 Å². The summed E-state index contributed by atoms with van der Waals surface area (Å²) in [6, 6.07) is 11.6. The fourth-order valence-electron chi connectivity index (χ4n) is 3.33. The second-order valence-electron chi connectivity index (χ2n) is 9.24. The van der Waals surface area contributed by atoms with Crippen LogP contribution in [0.25, 0.3) is 5.69 Å². The maximum atomic E-state index is 14.8. The predicted octanol–water partition coefficient (Wildman–Crippen LogP) is 6.03. The Morgan fingerprint density at radius 3 is 2.37 bits per heavy atom. The van der Waals surface area contributed by atoms with Crippen molar-refractivity contribution in [1.82, 2.24) is 14.8 Å². The molecule has 38 heavy (non-hydrogen) atoms. The number of urea groups is 1. The van der Waals surface area contributed by atoms with Gasteiger partial charge >= 0.3 is 6.03 Å². The third-order valence-corrected chi connectivity index (χ3v) is 5.57. The number of primary amides is 1. The van der Waals surface area contributed by atoms with E-state index < -0.39 is 23.6 Å². The number of halogens is 3. The zero-order valence-electron chi connectivity index (χ0n) is 20.6. The van der Waals surface area contributed by atoms with Gasteiger partial charge in [-0.3, -0.25) is 15.1 Å². The molecule has 0 spiro atoms. The molecule has 0 aliphatic heterocycles. The molecular weight excluding hydrogens is 518 g/mol. The van der Waals surface area contributed by atoms with Gasteiger partial charge in [-0.05, 0) is 36.4 Å². The molecular formula is C26H23ClF2N6O3. The minimum Gasteiger partial charge on any atom is -0.457 e. The molecule has 0 saturated heterocycles. The lowest BCUT2D eigenvalue weighted by molar-refractivity contribution is 0.0995. The number of anilines is 2. The molecule has 0 aliphatic rings. The Morgan fingerprint density at radius 2 is 1.71 bits per heavy atom. The number of hydrogen-bond acceptors (Lipinski definition) is 5. The Morgan fingerprint density at radius 1 is 0.974 bits per heavy atom. The monoisotopic (exact) mass is 540 g/mol. The molecule has 196 valence electrons. The number of benzene rings is 2. The second-order valence-corrected chi connectivity index (χ2v) is 9.65. The molecule has 0 unspecified atom stereocenters. The molecule has 2 aromatic heterocycles. The van der Waals surface area contributed by atoms with Gasteiger partial charge in [-0.25, -0.2) is 18.3 Å². The highest BCUT2D eigenvalue weighted by Crippen LogP contribution is 2.29. The number of nitrogens with zero attached hydrogens (tertiary/aromatic N) is 3. The van der Waals surface area contributed by atoms with Crippen LogP contribution in [0.5, 0.6) is 11.5 Å². The number of carbonyl (C=O) groups is 2. The molecule has 2 heterocycles. The highest BCUT2D eigenvalue weighted by Gasteiger charge is 2.22. The van der Waals surface area contributed by atoms with Gasteiger partial charge in [0.15, 0.2) is 0 Å². The van der Waals surface area contributed by atoms with Crippen LogP contribution in [0.1, 0.15) is 37.0 Å². The standard InChI is InChI=1S/C26H23ClF2N6O3/c1-26(2,3)22-13-23(35(34-22)14-4-6-18(28)17(27)10-14)33-25(37)32-20-7-5-15(11-19(20)29)38-16-8-9-31-21(12-16)24(30)36/h4-13H,1-3H3,(H2,30,36)(H2,32,33,37). The van der Waals surface area contributed by atoms with Gasteiger partial charge in [-0.15, -0.1) is 0 Å². The van der Waals surface area contributed by atoms with Crippen molar-refractivity contribution in [2.75, 3.05) is 10.6 Å². The number of nitrogens with one attached hydrogen (secondary N) is 2. The topological polar surface area (TPSA) is 124 Å². The molecule has 0 bridgehead atoms. The minimum atomic E-state index is -0.768. The summed E-state index contributed by atoms with van der Waals surface area (Å²) in [4.78, 5) is 27.9. The number of aromatic nitrogens is 3. The summed E-state index contributed by atoms with van der Waals surface area (Å²) in [5.41, 5.74) is 5.80. The van der Waals surface area contributed by atoms with Crippen LogP contribution in [0.3, 0.4) is 0 Å². The minimum absolute atomic E-state index is 0.00491. The zero-order chi connectivity index (χ0) is 27.6. The molecule has 0 aliphatic carbocycles. The number of nitrogens with two attached hydrogens (primary N) is 1. The summed E-state index contributed by atoms with van der Waals surface area (Å²) >= 11 is 5.94. The SMILES string of the molecule is CC(C)(C)c1cc(NC(=O)Nc2ccc(Oc3ccnc(C(N)=O)c3)cc2F)n(-c2ccc(F)c(Cl)c2)n1. The Bertz CT molecular complexity index is 1530. The van der Waals surface area contributed by atoms with Crippen LogP contribution in [0.4, 0.5) is 25.1 Å². The fourth-order valence-corrected chi connectivity index (χ4v) is 3.50. The predicted molar refractivity (Wildman–Crippen MR) is 139 cm³/mol. The number of rotatable bonds is 6. The van der Waals surface area contributed by atoms with Crippen molar-refractivity contribution in [1.29, 1.82) is 0 Å². The molecule has 12 heteroatoms. The highest BCUT2D eigenvalue weighted by atomic mass is 35.5. The van der Waals surface area contributed by atoms with E-state index in [4.69, 9.17) is 22.1 Å². The van der Waals surface area contributed by atoms with E-state index in [1.807, 2.05) is 20.8 Å². The molecule has 0 radical (unpaired) electrons. The average molecular weight is 541 g/mol. The lowest BCUT2D eigenvalue weighted by Crippen LogP contribution is -2.22. The first-order valence-electron chi connectivity index (χ1n) is 11.3. The molecule has 3 amide bonds. The van der Waals surface area contributed by atoms with E-state index in [-0.39, 0.29) is 39.1 Å². The van der Waals surface area contributed by atoms with E-state index in [0.717, 1.165) is 6.07 Å². The van der Waals surface area contributed by atoms with E-state index in [1.54, 1.807) is 6.07 Å². The molecule has 4 N–H and O–H groups in total. The summed E-state index contributed by atoms with van der Waals surface area (Å²) in [5.74, 6) is -1.47. The maximum Gasteiger partial charge on any atom is 0.324 e. The summed E-state index contributed by atoms with van der Waals surface area (Å²) in [7, 11) is 0. The van der Waals surface area contributed by atoms with Gasteiger partial charge in [0.25, 0.3) is 5.91 Å². The molecule has 4 rings (SSSR count). The highest BCUT2D eigenvalue weighted by molar-refractivity contribution is 6.30. The first kappa shape index (κ1) is 26.6. The van der Waals surface area contributed by atoms with Crippen molar-refractivity contribution in [2.45, 2.75) is 26.2 Å². The molecule has 9 nitrogen and oxygen atoms in total. The van der Waals surface area contributed by atoms with Crippen LogP contribution in [0.15, 0.2) is 60.8 Å². The van der Waals surface area contributed by atoms with Crippen LogP contribution >= 0.6 is 11.6 Å². The first-order valence-corrected chi connectivity index (χ1v) is 11.7. The van der Waals surface area contributed by atoms with Gasteiger partial charge in [-0.2, -0.15) is 5.10 Å². The molecule has 0 saturated carbocycles. The Labute approximate surface area is 221 Å². The lowest BCUT2D eigenvalue weighted by Gasteiger charge is -2.14. The number of amides is 3. The Kier molecular flexibility index (Phi) is 7.31. The van der Waals surface area contributed by atoms with Crippen molar-refractivity contribution in [2.24, 2.45) is 5.73 Å². The number of hydrogen-bond donors (Lipinski definition) is 3. The summed E-state index contributed by atoms with van der Waals surface area (Å²) in [6.07, 6.45) is 1.34. The second kappa shape index (κ2) is 10.5. The number of pyridine rings is 1. The average Bonchev–Trinajstić information content (AvgIpc) is 3.27. The van der Waals surface area contributed by atoms with E-state index in [9.17, 15) is 18.4 Å². The van der Waals surface area contributed by atoms with Gasteiger partial charge in [0, 0.05) is 29.8 Å². The largest absolute Gasteiger partial charge is 0.457 e. The van der Waals surface area contributed by atoms with Crippen molar-refractivity contribution >= 4 is 35.0 Å². The quantitative estimate of drug-likeness (QED) is 0.275. The van der Waals surface area contributed by atoms with Crippen LogP contribution in [-0.4, -0.2) is 26.7 Å². The van der Waals surface area contributed by atoms with Crippen molar-refractivity contribution in [3.63, 3.8) is 0 Å². The maximum absolute atomic E-state index is 14.8. The van der Waals surface area contributed by atoms with Crippen LogP contribution in [0, 0.1) is 11.6 Å². The van der Waals surface area contributed by atoms with Crippen molar-refractivity contribution in [3.8, 4) is 17.2 Å². The van der Waals surface area contributed by atoms with Gasteiger partial charge in [0.2, 0.25) is 0 Å². The van der Waals surface area contributed by atoms with Crippen LogP contribution < -0.4 is 21.1 Å². The summed E-state index contributed by atoms with van der Waals surface area (Å²) in [5, 5.41) is 9.52. The molecule has 0 fully saturated rings. The summed E-state index contributed by atoms with van der Waals surface area (Å²) in [6.45, 7) is 5.84. The van der Waals surface area contributed by atoms with Crippen LogP contribution in [0.2, 0.25) is 5.02 Å². The Hall–Kier alpha value is -4.51. The van der Waals surface area contributed by atoms with E-state index >= 15 is 0 Å². The third kappa shape index (κ3) is 6.06. The van der Waals surface area contributed by atoms with Crippen LogP contribution in [-0.2, 0) is 5.41 Å². The van der Waals surface area contributed by atoms with Crippen molar-refractivity contribution in [3.05, 3.63) is 88.8 Å². The van der Waals surface area contributed by atoms with Gasteiger partial charge in [0.05, 0.1) is 22.1 Å². The zero-order valence-corrected chi connectivity index (χ0v) is 21.3. The van der Waals surface area contributed by atoms with Gasteiger partial charge in [-0.1, -0.05) is 32.4 Å². The molecule has 4 aromatic rings. The lowest BCUT2D eigenvalue weighted by atomic mass is 9.92. The van der Waals surface area contributed by atoms with E-state index in [0.29, 0.717) is 11.4 Å². The normalized spacial score (nSPS) is 11.2. The molecule has 0 atom stereocenters. The Balaban J connectivity index is 1.53. The van der Waals surface area contributed by atoms with Gasteiger partial charge < -0.3 is 15.8 Å². The van der Waals surface area contributed by atoms with Gasteiger partial charge in [0.1, 0.15) is 34.6 Å². The number of carbonyl (C=O) groups excluding carboxylic acids is 2. The van der Waals surface area contributed by atoms with E-state index in [1.165, 1.54) is 53.3 Å². The fraction of sp³-hybridized carbons (Fsp3) is 0.154. The van der Waals surface area contributed by atoms with E-state index in [2.05, 4.69) is 20.7 Å². The smallest absolute Gasteiger partial charge is 0.324 e.